The van der Waals surface area contributed by atoms with Crippen LogP contribution in [0.2, 0.25) is 0 Å². The normalized spacial score (nSPS) is 17.4. The van der Waals surface area contributed by atoms with Crippen molar-refractivity contribution < 1.29 is 14.3 Å². The molecule has 1 aromatic carbocycles. The van der Waals surface area contributed by atoms with Crippen molar-refractivity contribution in [3.63, 3.8) is 0 Å². The molecule has 2 amide bonds. The summed E-state index contributed by atoms with van der Waals surface area (Å²) in [5.41, 5.74) is 2.83. The second-order valence-corrected chi connectivity index (χ2v) is 5.62. The molecular weight excluding hydrogens is 280 g/mol. The Morgan fingerprint density at radius 1 is 1.27 bits per heavy atom. The quantitative estimate of drug-likeness (QED) is 0.909. The van der Waals surface area contributed by atoms with Crippen LogP contribution in [0.15, 0.2) is 35.9 Å². The number of amides is 2. The number of nitrogens with zero attached hydrogens (tertiary/aromatic N) is 1. The van der Waals surface area contributed by atoms with Gasteiger partial charge in [0, 0.05) is 17.8 Å². The SMILES string of the molecule is O=C(Nc1ccc(CCN2CCOC2=O)cc1)C1=CCCC1. The molecule has 0 unspecified atom stereocenters. The maximum absolute atomic E-state index is 12.0. The maximum Gasteiger partial charge on any atom is 0.409 e. The Labute approximate surface area is 129 Å². The molecular formula is C17H20N2O3. The Hall–Kier alpha value is -2.30. The van der Waals surface area contributed by atoms with Crippen LogP contribution in [0.1, 0.15) is 24.8 Å². The van der Waals surface area contributed by atoms with Crippen LogP contribution in [0, 0.1) is 0 Å². The lowest BCUT2D eigenvalue weighted by molar-refractivity contribution is -0.112. The first-order chi connectivity index (χ1) is 10.7. The fourth-order valence-corrected chi connectivity index (χ4v) is 2.74. The highest BCUT2D eigenvalue weighted by Gasteiger charge is 2.21. The zero-order valence-corrected chi connectivity index (χ0v) is 12.5. The Morgan fingerprint density at radius 2 is 2.09 bits per heavy atom. The van der Waals surface area contributed by atoms with E-state index in [4.69, 9.17) is 4.74 Å². The van der Waals surface area contributed by atoms with Gasteiger partial charge in [0.1, 0.15) is 6.61 Å². The van der Waals surface area contributed by atoms with E-state index in [-0.39, 0.29) is 12.0 Å². The number of rotatable bonds is 5. The topological polar surface area (TPSA) is 58.6 Å². The molecule has 0 atom stereocenters. The Balaban J connectivity index is 1.51. The molecule has 116 valence electrons. The number of carbonyl (C=O) groups is 2. The van der Waals surface area contributed by atoms with E-state index >= 15 is 0 Å². The summed E-state index contributed by atoms with van der Waals surface area (Å²) < 4.78 is 4.90. The van der Waals surface area contributed by atoms with E-state index in [0.717, 1.165) is 42.5 Å². The third kappa shape index (κ3) is 3.47. The number of hydrogen-bond acceptors (Lipinski definition) is 3. The highest BCUT2D eigenvalue weighted by molar-refractivity contribution is 6.03. The van der Waals surface area contributed by atoms with Crippen LogP contribution in [0.3, 0.4) is 0 Å². The average Bonchev–Trinajstić information content (AvgIpc) is 3.18. The minimum absolute atomic E-state index is 0.00469. The molecule has 1 aliphatic carbocycles. The minimum atomic E-state index is -0.228. The second kappa shape index (κ2) is 6.64. The standard InChI is InChI=1S/C17H20N2O3/c20-16(14-3-1-2-4-14)18-15-7-5-13(6-8-15)9-10-19-11-12-22-17(19)21/h3,5-8H,1-2,4,9-12H2,(H,18,20). The molecule has 1 fully saturated rings. The number of carbonyl (C=O) groups excluding carboxylic acids is 2. The first-order valence-electron chi connectivity index (χ1n) is 7.73. The summed E-state index contributed by atoms with van der Waals surface area (Å²) in [6.45, 7) is 1.82. The van der Waals surface area contributed by atoms with Crippen molar-refractivity contribution in [2.24, 2.45) is 0 Å². The van der Waals surface area contributed by atoms with Gasteiger partial charge in [-0.25, -0.2) is 4.79 Å². The number of ether oxygens (including phenoxy) is 1. The van der Waals surface area contributed by atoms with Gasteiger partial charge in [0.15, 0.2) is 0 Å². The largest absolute Gasteiger partial charge is 0.448 e. The first-order valence-corrected chi connectivity index (χ1v) is 7.73. The van der Waals surface area contributed by atoms with Gasteiger partial charge >= 0.3 is 6.09 Å². The van der Waals surface area contributed by atoms with E-state index in [1.165, 1.54) is 0 Å². The molecule has 1 heterocycles. The van der Waals surface area contributed by atoms with Crippen molar-refractivity contribution in [3.05, 3.63) is 41.5 Å². The predicted molar refractivity (Wildman–Crippen MR) is 83.6 cm³/mol. The van der Waals surface area contributed by atoms with Crippen LogP contribution < -0.4 is 5.32 Å². The number of hydrogen-bond donors (Lipinski definition) is 1. The summed E-state index contributed by atoms with van der Waals surface area (Å²) in [6, 6.07) is 7.79. The van der Waals surface area contributed by atoms with E-state index in [1.807, 2.05) is 30.3 Å². The summed E-state index contributed by atoms with van der Waals surface area (Å²) in [5, 5.41) is 2.92. The lowest BCUT2D eigenvalue weighted by atomic mass is 10.1. The lowest BCUT2D eigenvalue weighted by Gasteiger charge is -2.12. The molecule has 22 heavy (non-hydrogen) atoms. The van der Waals surface area contributed by atoms with Crippen molar-refractivity contribution in [2.75, 3.05) is 25.0 Å². The molecule has 1 aliphatic heterocycles. The highest BCUT2D eigenvalue weighted by Crippen LogP contribution is 2.20. The van der Waals surface area contributed by atoms with Gasteiger partial charge in [-0.3, -0.25) is 4.79 Å². The Morgan fingerprint density at radius 3 is 2.73 bits per heavy atom. The zero-order valence-electron chi connectivity index (χ0n) is 12.5. The van der Waals surface area contributed by atoms with Gasteiger partial charge in [-0.2, -0.15) is 0 Å². The van der Waals surface area contributed by atoms with Crippen LogP contribution in [0.25, 0.3) is 0 Å². The molecule has 0 spiro atoms. The van der Waals surface area contributed by atoms with Crippen molar-refractivity contribution in [1.29, 1.82) is 0 Å². The monoisotopic (exact) mass is 300 g/mol. The highest BCUT2D eigenvalue weighted by atomic mass is 16.6. The van der Waals surface area contributed by atoms with Crippen LogP contribution in [0.4, 0.5) is 10.5 Å². The van der Waals surface area contributed by atoms with Gasteiger partial charge in [0.25, 0.3) is 5.91 Å². The summed E-state index contributed by atoms with van der Waals surface area (Å²) in [6.07, 6.45) is 5.51. The van der Waals surface area contributed by atoms with Crippen LogP contribution in [-0.4, -0.2) is 36.6 Å². The Kier molecular flexibility index (Phi) is 4.42. The molecule has 5 nitrogen and oxygen atoms in total. The van der Waals surface area contributed by atoms with E-state index in [0.29, 0.717) is 19.7 Å². The van der Waals surface area contributed by atoms with Crippen molar-refractivity contribution >= 4 is 17.7 Å². The first kappa shape index (κ1) is 14.6. The summed E-state index contributed by atoms with van der Waals surface area (Å²) >= 11 is 0. The van der Waals surface area contributed by atoms with E-state index < -0.39 is 0 Å². The number of benzene rings is 1. The molecule has 0 saturated carbocycles. The molecule has 0 radical (unpaired) electrons. The van der Waals surface area contributed by atoms with Crippen molar-refractivity contribution in [3.8, 4) is 0 Å². The van der Waals surface area contributed by atoms with Gasteiger partial charge in [0.05, 0.1) is 6.54 Å². The lowest BCUT2D eigenvalue weighted by Crippen LogP contribution is -2.26. The third-order valence-electron chi connectivity index (χ3n) is 4.06. The fourth-order valence-electron chi connectivity index (χ4n) is 2.74. The third-order valence-corrected chi connectivity index (χ3v) is 4.06. The van der Waals surface area contributed by atoms with Crippen LogP contribution >= 0.6 is 0 Å². The van der Waals surface area contributed by atoms with Gasteiger partial charge in [-0.1, -0.05) is 18.2 Å². The van der Waals surface area contributed by atoms with Gasteiger partial charge in [-0.15, -0.1) is 0 Å². The van der Waals surface area contributed by atoms with Crippen LogP contribution in [-0.2, 0) is 16.0 Å². The summed E-state index contributed by atoms with van der Waals surface area (Å²) in [5.74, 6) is 0.00469. The minimum Gasteiger partial charge on any atom is -0.448 e. The molecule has 1 saturated heterocycles. The van der Waals surface area contributed by atoms with Gasteiger partial charge < -0.3 is 15.0 Å². The Bertz CT molecular complexity index is 592. The zero-order chi connectivity index (χ0) is 15.4. The van der Waals surface area contributed by atoms with E-state index in [2.05, 4.69) is 5.32 Å². The molecule has 1 aromatic rings. The number of allylic oxidation sites excluding steroid dienone is 1. The summed E-state index contributed by atoms with van der Waals surface area (Å²) in [4.78, 5) is 25.1. The number of nitrogens with one attached hydrogen (secondary N) is 1. The molecule has 3 rings (SSSR count). The van der Waals surface area contributed by atoms with E-state index in [9.17, 15) is 9.59 Å². The molecule has 5 heteroatoms. The fraction of sp³-hybridized carbons (Fsp3) is 0.412. The van der Waals surface area contributed by atoms with Gasteiger partial charge in [0.2, 0.25) is 0 Å². The molecule has 1 N–H and O–H groups in total. The maximum atomic E-state index is 12.0. The molecule has 2 aliphatic rings. The van der Waals surface area contributed by atoms with Crippen LogP contribution in [0.5, 0.6) is 0 Å². The number of cyclic esters (lactones) is 1. The smallest absolute Gasteiger partial charge is 0.409 e. The second-order valence-electron chi connectivity index (χ2n) is 5.62. The van der Waals surface area contributed by atoms with Gasteiger partial charge in [-0.05, 0) is 43.4 Å². The molecule has 0 aromatic heterocycles. The predicted octanol–water partition coefficient (Wildman–Crippen LogP) is 2.73. The van der Waals surface area contributed by atoms with E-state index in [1.54, 1.807) is 4.90 Å². The van der Waals surface area contributed by atoms with Crippen molar-refractivity contribution in [1.82, 2.24) is 4.90 Å². The molecule has 0 bridgehead atoms. The average molecular weight is 300 g/mol. The summed E-state index contributed by atoms with van der Waals surface area (Å²) in [7, 11) is 0. The van der Waals surface area contributed by atoms with Crippen molar-refractivity contribution in [2.45, 2.75) is 25.7 Å². The number of anilines is 1.